The van der Waals surface area contributed by atoms with Gasteiger partial charge in [-0.3, -0.25) is 9.59 Å². The molecular formula is C26H22O8. The molecule has 0 bridgehead atoms. The van der Waals surface area contributed by atoms with Gasteiger partial charge in [0.2, 0.25) is 0 Å². The predicted molar refractivity (Wildman–Crippen MR) is 122 cm³/mol. The van der Waals surface area contributed by atoms with Crippen LogP contribution in [0.1, 0.15) is 37.4 Å². The lowest BCUT2D eigenvalue weighted by atomic mass is 9.62. The summed E-state index contributed by atoms with van der Waals surface area (Å²) in [7, 11) is 5.86. The molecule has 5 rings (SSSR count). The van der Waals surface area contributed by atoms with Crippen LogP contribution >= 0.6 is 0 Å². The van der Waals surface area contributed by atoms with Crippen molar-refractivity contribution in [3.8, 4) is 23.0 Å². The maximum atomic E-state index is 13.0. The topological polar surface area (TPSA) is 112 Å². The summed E-state index contributed by atoms with van der Waals surface area (Å²) in [5, 5.41) is 21.4. The molecule has 1 spiro atoms. The highest BCUT2D eigenvalue weighted by Gasteiger charge is 2.49. The molecule has 3 aliphatic rings. The van der Waals surface area contributed by atoms with E-state index >= 15 is 0 Å². The van der Waals surface area contributed by atoms with Crippen LogP contribution in [0.25, 0.3) is 5.57 Å². The molecule has 0 saturated heterocycles. The van der Waals surface area contributed by atoms with Gasteiger partial charge in [-0.15, -0.1) is 0 Å². The number of rotatable bonds is 4. The van der Waals surface area contributed by atoms with Crippen LogP contribution in [0.2, 0.25) is 0 Å². The van der Waals surface area contributed by atoms with Gasteiger partial charge in [-0.1, -0.05) is 6.08 Å². The number of fused-ring (bicyclic) bond motifs is 2. The van der Waals surface area contributed by atoms with Crippen molar-refractivity contribution >= 4 is 17.1 Å². The molecule has 8 nitrogen and oxygen atoms in total. The quantitative estimate of drug-likeness (QED) is 0.711. The monoisotopic (exact) mass is 462 g/mol. The van der Waals surface area contributed by atoms with Gasteiger partial charge in [-0.2, -0.15) is 0 Å². The molecule has 0 heterocycles. The molecule has 1 atom stereocenters. The van der Waals surface area contributed by atoms with Crippen molar-refractivity contribution in [1.29, 1.82) is 0 Å². The fraction of sp³-hybridized carbons (Fsp3) is 0.231. The van der Waals surface area contributed by atoms with Gasteiger partial charge in [0.05, 0.1) is 45.0 Å². The number of aromatic hydroxyl groups is 2. The number of hydrogen-bond donors (Lipinski definition) is 2. The van der Waals surface area contributed by atoms with Crippen LogP contribution < -0.4 is 9.47 Å². The van der Waals surface area contributed by atoms with E-state index in [1.165, 1.54) is 52.7 Å². The molecule has 0 fully saturated rings. The first-order valence-corrected chi connectivity index (χ1v) is 10.5. The van der Waals surface area contributed by atoms with E-state index in [1.807, 2.05) is 6.08 Å². The Balaban J connectivity index is 1.93. The lowest BCUT2D eigenvalue weighted by Gasteiger charge is -2.42. The number of ketones is 2. The van der Waals surface area contributed by atoms with Crippen molar-refractivity contribution in [2.45, 2.75) is 11.8 Å². The first kappa shape index (κ1) is 21.6. The highest BCUT2D eigenvalue weighted by atomic mass is 16.5. The van der Waals surface area contributed by atoms with E-state index < -0.39 is 11.2 Å². The molecule has 2 aromatic carbocycles. The van der Waals surface area contributed by atoms with Crippen LogP contribution in [-0.2, 0) is 21.3 Å². The van der Waals surface area contributed by atoms with Crippen LogP contribution in [0.4, 0.5) is 0 Å². The van der Waals surface area contributed by atoms with Crippen LogP contribution in [0.3, 0.4) is 0 Å². The first-order chi connectivity index (χ1) is 16.3. The van der Waals surface area contributed by atoms with Gasteiger partial charge >= 0.3 is 0 Å². The molecule has 0 aliphatic heterocycles. The molecule has 0 aromatic heterocycles. The molecule has 2 aromatic rings. The zero-order valence-corrected chi connectivity index (χ0v) is 19.0. The zero-order valence-electron chi connectivity index (χ0n) is 19.0. The summed E-state index contributed by atoms with van der Waals surface area (Å²) in [6.45, 7) is 0. The van der Waals surface area contributed by atoms with Crippen molar-refractivity contribution in [3.05, 3.63) is 75.8 Å². The largest absolute Gasteiger partial charge is 0.507 e. The van der Waals surface area contributed by atoms with Gasteiger partial charge in [-0.25, -0.2) is 0 Å². The number of hydrogen-bond acceptors (Lipinski definition) is 8. The minimum atomic E-state index is -1.06. The number of methoxy groups -OCH3 is 4. The molecule has 8 heteroatoms. The summed E-state index contributed by atoms with van der Waals surface area (Å²) in [5.74, 6) is 0.177. The maximum absolute atomic E-state index is 13.0. The summed E-state index contributed by atoms with van der Waals surface area (Å²) in [5.41, 5.74) is 1.39. The predicted octanol–water partition coefficient (Wildman–Crippen LogP) is 3.45. The standard InChI is InChI=1S/C26H22O8/c1-31-12-5-15-24(16(27)6-12)19(30)9-22(34-4)26(15)10-13-20(32-2)7-17(28)25-18(29)8-21(33-3)14(11-26)23(13)25/h5-10,27,29H,11H2,1-4H3/t26-/m1/s1. The number of ether oxygens (including phenoxy) is 4. The smallest absolute Gasteiger partial charge is 0.193 e. The van der Waals surface area contributed by atoms with E-state index in [1.54, 1.807) is 6.07 Å². The summed E-state index contributed by atoms with van der Waals surface area (Å²) >= 11 is 0. The third-order valence-corrected chi connectivity index (χ3v) is 6.68. The number of benzene rings is 2. The summed E-state index contributed by atoms with van der Waals surface area (Å²) < 4.78 is 22.2. The zero-order chi connectivity index (χ0) is 24.4. The van der Waals surface area contributed by atoms with Gasteiger partial charge < -0.3 is 29.2 Å². The number of carbonyl (C=O) groups excluding carboxylic acids is 2. The van der Waals surface area contributed by atoms with Gasteiger partial charge in [0.15, 0.2) is 11.6 Å². The van der Waals surface area contributed by atoms with Crippen LogP contribution in [0.5, 0.6) is 23.0 Å². The van der Waals surface area contributed by atoms with Gasteiger partial charge in [0.25, 0.3) is 0 Å². The summed E-state index contributed by atoms with van der Waals surface area (Å²) in [4.78, 5) is 25.8. The number of allylic oxidation sites excluding steroid dienone is 4. The Labute approximate surface area is 195 Å². The molecule has 3 aliphatic carbocycles. The fourth-order valence-corrected chi connectivity index (χ4v) is 5.23. The average molecular weight is 462 g/mol. The van der Waals surface area contributed by atoms with E-state index in [0.717, 1.165) is 0 Å². The summed E-state index contributed by atoms with van der Waals surface area (Å²) in [6, 6.07) is 4.48. The lowest BCUT2D eigenvalue weighted by Crippen LogP contribution is -2.39. The molecule has 174 valence electrons. The Kier molecular flexibility index (Phi) is 4.72. The minimum absolute atomic E-state index is 0.134. The number of phenols is 2. The fourth-order valence-electron chi connectivity index (χ4n) is 5.23. The molecule has 0 unspecified atom stereocenters. The lowest BCUT2D eigenvalue weighted by molar-refractivity contribution is 0.102. The van der Waals surface area contributed by atoms with Crippen LogP contribution in [0.15, 0.2) is 47.9 Å². The Morgan fingerprint density at radius 1 is 0.794 bits per heavy atom. The third kappa shape index (κ3) is 2.71. The van der Waals surface area contributed by atoms with Gasteiger partial charge in [0, 0.05) is 41.0 Å². The van der Waals surface area contributed by atoms with Crippen LogP contribution in [-0.4, -0.2) is 50.2 Å². The molecule has 0 amide bonds. The molecular weight excluding hydrogens is 440 g/mol. The van der Waals surface area contributed by atoms with Crippen LogP contribution in [0, 0.1) is 0 Å². The molecule has 0 saturated carbocycles. The van der Waals surface area contributed by atoms with Crippen molar-refractivity contribution in [1.82, 2.24) is 0 Å². The Hall–Kier alpha value is -4.20. The normalized spacial score (nSPS) is 20.1. The molecule has 34 heavy (non-hydrogen) atoms. The molecule has 2 N–H and O–H groups in total. The van der Waals surface area contributed by atoms with E-state index in [0.29, 0.717) is 45.3 Å². The van der Waals surface area contributed by atoms with E-state index in [-0.39, 0.29) is 34.8 Å². The molecule has 0 radical (unpaired) electrons. The van der Waals surface area contributed by atoms with Gasteiger partial charge in [0.1, 0.15) is 34.5 Å². The Bertz CT molecular complexity index is 1380. The minimum Gasteiger partial charge on any atom is -0.507 e. The van der Waals surface area contributed by atoms with Crippen molar-refractivity contribution in [2.24, 2.45) is 0 Å². The van der Waals surface area contributed by atoms with Crippen molar-refractivity contribution in [2.75, 3.05) is 28.4 Å². The van der Waals surface area contributed by atoms with E-state index in [9.17, 15) is 19.8 Å². The second-order valence-corrected chi connectivity index (χ2v) is 8.26. The highest BCUT2D eigenvalue weighted by molar-refractivity contribution is 6.17. The third-order valence-electron chi connectivity index (χ3n) is 6.68. The second kappa shape index (κ2) is 7.41. The number of phenolic OH excluding ortho intramolecular Hbond substituents is 2. The Morgan fingerprint density at radius 3 is 2.15 bits per heavy atom. The summed E-state index contributed by atoms with van der Waals surface area (Å²) in [6.07, 6.45) is 4.74. The number of carbonyl (C=O) groups is 2. The van der Waals surface area contributed by atoms with Gasteiger partial charge in [-0.05, 0) is 18.1 Å². The maximum Gasteiger partial charge on any atom is 0.193 e. The second-order valence-electron chi connectivity index (χ2n) is 8.26. The van der Waals surface area contributed by atoms with Crippen molar-refractivity contribution in [3.63, 3.8) is 0 Å². The SMILES string of the molecule is COC1=CC(=O)c2c(O)cc(OC)c3c2C1=C[C@]1(C3)C(OC)=CC(=O)c2c(O)cc(OC)cc21. The first-order valence-electron chi connectivity index (χ1n) is 10.5. The van der Waals surface area contributed by atoms with Crippen molar-refractivity contribution < 1.29 is 38.7 Å². The van der Waals surface area contributed by atoms with E-state index in [2.05, 4.69) is 0 Å². The average Bonchev–Trinajstić information content (AvgIpc) is 2.83. The highest BCUT2D eigenvalue weighted by Crippen LogP contribution is 2.55. The van der Waals surface area contributed by atoms with E-state index in [4.69, 9.17) is 18.9 Å². The Morgan fingerprint density at radius 2 is 1.50 bits per heavy atom.